The number of nitrogens with zero attached hydrogens (tertiary/aromatic N) is 3. The normalized spacial score (nSPS) is 11.3. The summed E-state index contributed by atoms with van der Waals surface area (Å²) in [5, 5.41) is 22.7. The van der Waals surface area contributed by atoms with Gasteiger partial charge in [-0.3, -0.25) is 0 Å². The van der Waals surface area contributed by atoms with Gasteiger partial charge in [-0.25, -0.2) is 0 Å². The molecule has 0 bridgehead atoms. The van der Waals surface area contributed by atoms with Gasteiger partial charge in [0.15, 0.2) is 5.69 Å². The van der Waals surface area contributed by atoms with Crippen LogP contribution in [0.2, 0.25) is 0 Å². The molecule has 0 unspecified atom stereocenters. The molecule has 1 aromatic carbocycles. The van der Waals surface area contributed by atoms with E-state index in [1.165, 1.54) is 0 Å². The van der Waals surface area contributed by atoms with Gasteiger partial charge in [-0.2, -0.15) is 0 Å². The Kier molecular flexibility index (Phi) is 5.27. The lowest BCUT2D eigenvalue weighted by Crippen LogP contribution is -2.19. The average Bonchev–Trinajstić information content (AvgIpc) is 2.76. The number of hydrogen-bond acceptors (Lipinski definition) is 3. The van der Waals surface area contributed by atoms with E-state index in [4.69, 9.17) is 12.2 Å². The standard InChI is InChI=1S/C15H20N4OS/c1-3-5-10-16-15(21)18-17-13-11-8-6-7-9-12(11)19(4-2)14(13)20/h6-9,20H,3-5,10H2,1-2H3,(H,16,21). The topological polar surface area (TPSA) is 61.9 Å². The van der Waals surface area contributed by atoms with Crippen LogP contribution in [0, 0.1) is 0 Å². The Morgan fingerprint density at radius 1 is 1.33 bits per heavy atom. The predicted molar refractivity (Wildman–Crippen MR) is 89.3 cm³/mol. The second-order valence-corrected chi connectivity index (χ2v) is 5.11. The van der Waals surface area contributed by atoms with E-state index in [-0.39, 0.29) is 5.88 Å². The zero-order valence-corrected chi connectivity index (χ0v) is 13.2. The van der Waals surface area contributed by atoms with Crippen molar-refractivity contribution in [2.75, 3.05) is 6.54 Å². The van der Waals surface area contributed by atoms with E-state index in [1.807, 2.05) is 31.2 Å². The summed E-state index contributed by atoms with van der Waals surface area (Å²) >= 11 is 5.11. The quantitative estimate of drug-likeness (QED) is 0.496. The van der Waals surface area contributed by atoms with E-state index < -0.39 is 0 Å². The number of azo groups is 1. The number of hydrogen-bond donors (Lipinski definition) is 2. The third-order valence-corrected chi connectivity index (χ3v) is 3.51. The highest BCUT2D eigenvalue weighted by atomic mass is 32.1. The van der Waals surface area contributed by atoms with Crippen LogP contribution >= 0.6 is 12.2 Å². The Hall–Kier alpha value is -1.95. The molecule has 21 heavy (non-hydrogen) atoms. The summed E-state index contributed by atoms with van der Waals surface area (Å²) in [4.78, 5) is 0. The average molecular weight is 304 g/mol. The third kappa shape index (κ3) is 3.39. The maximum Gasteiger partial charge on any atom is 0.220 e. The van der Waals surface area contributed by atoms with Gasteiger partial charge in [0.2, 0.25) is 11.0 Å². The van der Waals surface area contributed by atoms with Gasteiger partial charge in [0.05, 0.1) is 5.52 Å². The predicted octanol–water partition coefficient (Wildman–Crippen LogP) is 4.13. The van der Waals surface area contributed by atoms with Crippen LogP contribution in [0.3, 0.4) is 0 Å². The fourth-order valence-corrected chi connectivity index (χ4v) is 2.34. The number of benzene rings is 1. The molecule has 2 aromatic rings. The minimum Gasteiger partial charge on any atom is -0.493 e. The lowest BCUT2D eigenvalue weighted by Gasteiger charge is -2.01. The second kappa shape index (κ2) is 7.17. The third-order valence-electron chi connectivity index (χ3n) is 3.28. The van der Waals surface area contributed by atoms with Crippen LogP contribution in [0.25, 0.3) is 10.9 Å². The number of aromatic nitrogens is 1. The maximum atomic E-state index is 10.3. The number of para-hydroxylation sites is 1. The summed E-state index contributed by atoms with van der Waals surface area (Å²) < 4.78 is 1.80. The van der Waals surface area contributed by atoms with Crippen molar-refractivity contribution < 1.29 is 5.11 Å². The summed E-state index contributed by atoms with van der Waals surface area (Å²) in [5.41, 5.74) is 1.41. The number of aryl methyl sites for hydroxylation is 1. The van der Waals surface area contributed by atoms with Crippen LogP contribution in [-0.2, 0) is 6.54 Å². The zero-order chi connectivity index (χ0) is 15.2. The van der Waals surface area contributed by atoms with E-state index in [0.29, 0.717) is 17.3 Å². The number of rotatable bonds is 5. The number of unbranched alkanes of at least 4 members (excludes halogenated alkanes) is 1. The monoisotopic (exact) mass is 304 g/mol. The largest absolute Gasteiger partial charge is 0.493 e. The Balaban J connectivity index is 2.26. The fraction of sp³-hybridized carbons (Fsp3) is 0.400. The van der Waals surface area contributed by atoms with Gasteiger partial charge in [0, 0.05) is 18.5 Å². The minimum atomic E-state index is 0.124. The zero-order valence-electron chi connectivity index (χ0n) is 12.3. The first-order valence-corrected chi connectivity index (χ1v) is 7.59. The van der Waals surface area contributed by atoms with Crippen LogP contribution in [0.4, 0.5) is 5.69 Å². The van der Waals surface area contributed by atoms with Crippen molar-refractivity contribution >= 4 is 33.9 Å². The van der Waals surface area contributed by atoms with Crippen molar-refractivity contribution in [2.24, 2.45) is 10.2 Å². The molecule has 0 fully saturated rings. The van der Waals surface area contributed by atoms with Gasteiger partial charge in [0.1, 0.15) is 0 Å². The SMILES string of the molecule is CCCCNC(=S)N=Nc1c(O)n(CC)c2ccccc12. The highest BCUT2D eigenvalue weighted by Crippen LogP contribution is 2.38. The first-order chi connectivity index (χ1) is 10.2. The first kappa shape index (κ1) is 15.4. The highest BCUT2D eigenvalue weighted by molar-refractivity contribution is 7.80. The summed E-state index contributed by atoms with van der Waals surface area (Å²) in [6, 6.07) is 7.73. The van der Waals surface area contributed by atoms with E-state index in [2.05, 4.69) is 22.5 Å². The van der Waals surface area contributed by atoms with Crippen LogP contribution in [0.5, 0.6) is 5.88 Å². The van der Waals surface area contributed by atoms with Crippen molar-refractivity contribution in [1.82, 2.24) is 9.88 Å². The molecule has 1 heterocycles. The molecular formula is C15H20N4OS. The molecule has 0 aliphatic rings. The molecule has 5 nitrogen and oxygen atoms in total. The molecule has 1 aromatic heterocycles. The van der Waals surface area contributed by atoms with Crippen LogP contribution < -0.4 is 5.32 Å². The summed E-state index contributed by atoms with van der Waals surface area (Å²) in [6.07, 6.45) is 2.13. The van der Waals surface area contributed by atoms with Gasteiger partial charge in [-0.05, 0) is 31.6 Å². The molecule has 0 aliphatic carbocycles. The summed E-state index contributed by atoms with van der Waals surface area (Å²) in [5.74, 6) is 0.124. The summed E-state index contributed by atoms with van der Waals surface area (Å²) in [7, 11) is 0. The molecular weight excluding hydrogens is 284 g/mol. The minimum absolute atomic E-state index is 0.124. The van der Waals surface area contributed by atoms with E-state index >= 15 is 0 Å². The van der Waals surface area contributed by atoms with Crippen molar-refractivity contribution in [2.45, 2.75) is 33.2 Å². The Labute approximate surface area is 129 Å². The Morgan fingerprint density at radius 3 is 2.81 bits per heavy atom. The Morgan fingerprint density at radius 2 is 2.10 bits per heavy atom. The molecule has 6 heteroatoms. The van der Waals surface area contributed by atoms with Gasteiger partial charge in [-0.15, -0.1) is 10.2 Å². The fourth-order valence-electron chi connectivity index (χ4n) is 2.19. The lowest BCUT2D eigenvalue weighted by atomic mass is 10.2. The smallest absolute Gasteiger partial charge is 0.220 e. The molecule has 0 amide bonds. The maximum absolute atomic E-state index is 10.3. The van der Waals surface area contributed by atoms with Crippen molar-refractivity contribution in [3.8, 4) is 5.88 Å². The van der Waals surface area contributed by atoms with E-state index in [9.17, 15) is 5.11 Å². The number of nitrogens with one attached hydrogen (secondary N) is 1. The van der Waals surface area contributed by atoms with E-state index in [1.54, 1.807) is 4.57 Å². The van der Waals surface area contributed by atoms with Crippen LogP contribution in [0.15, 0.2) is 34.5 Å². The van der Waals surface area contributed by atoms with Gasteiger partial charge in [0.25, 0.3) is 0 Å². The van der Waals surface area contributed by atoms with Gasteiger partial charge >= 0.3 is 0 Å². The Bertz CT molecular complexity index is 663. The molecule has 0 aliphatic heterocycles. The highest BCUT2D eigenvalue weighted by Gasteiger charge is 2.14. The molecule has 2 N–H and O–H groups in total. The van der Waals surface area contributed by atoms with Gasteiger partial charge in [-0.1, -0.05) is 31.5 Å². The lowest BCUT2D eigenvalue weighted by molar-refractivity contribution is 0.427. The molecule has 0 saturated heterocycles. The van der Waals surface area contributed by atoms with Crippen molar-refractivity contribution in [1.29, 1.82) is 0 Å². The second-order valence-electron chi connectivity index (χ2n) is 4.72. The molecule has 0 spiro atoms. The van der Waals surface area contributed by atoms with Crippen molar-refractivity contribution in [3.05, 3.63) is 24.3 Å². The molecule has 0 atom stereocenters. The van der Waals surface area contributed by atoms with Crippen molar-refractivity contribution in [3.63, 3.8) is 0 Å². The summed E-state index contributed by atoms with van der Waals surface area (Å²) in [6.45, 7) is 5.55. The molecule has 2 rings (SSSR count). The molecule has 112 valence electrons. The van der Waals surface area contributed by atoms with Crippen LogP contribution in [-0.4, -0.2) is 21.3 Å². The van der Waals surface area contributed by atoms with E-state index in [0.717, 1.165) is 30.3 Å². The molecule has 0 saturated carbocycles. The van der Waals surface area contributed by atoms with Gasteiger partial charge < -0.3 is 15.0 Å². The number of thiocarbonyl (C=S) groups is 1. The first-order valence-electron chi connectivity index (χ1n) is 7.18. The number of aromatic hydroxyl groups is 1. The number of fused-ring (bicyclic) bond motifs is 1. The molecule has 0 radical (unpaired) electrons. The van der Waals surface area contributed by atoms with Crippen LogP contribution in [0.1, 0.15) is 26.7 Å².